The Hall–Kier alpha value is -3.13. The lowest BCUT2D eigenvalue weighted by molar-refractivity contribution is -0.412. The first-order valence-electron chi connectivity index (χ1n) is 12.2. The van der Waals surface area contributed by atoms with Crippen LogP contribution < -0.4 is 20.7 Å². The lowest BCUT2D eigenvalue weighted by Gasteiger charge is -2.15. The second-order valence-corrected chi connectivity index (χ2v) is 8.31. The number of halogens is 1. The van der Waals surface area contributed by atoms with E-state index in [1.807, 2.05) is 50.9 Å². The summed E-state index contributed by atoms with van der Waals surface area (Å²) in [6, 6.07) is 5.80. The van der Waals surface area contributed by atoms with Crippen LogP contribution in [0.5, 0.6) is 5.75 Å². The number of nitrogens with one attached hydrogen (secondary N) is 3. The van der Waals surface area contributed by atoms with E-state index in [1.54, 1.807) is 25.3 Å². The standard InChI is InChI=1S/C24H32ClN7O.C2H6/c1-5-19(14-15-26-2)32(3)24-30-22(27-17-10-8-6-7-9-11-17)29-23(31-24)28-18-12-13-21(33-4)20(25)16-18;1-2/h5,12-17H,1,6-11H2,2-4H3,(H2,27,28,29,30,31);1-2H3/p+1. The smallest absolute Gasteiger partial charge is 0.440 e. The fourth-order valence-electron chi connectivity index (χ4n) is 3.72. The maximum atomic E-state index is 6.30. The van der Waals surface area contributed by atoms with Gasteiger partial charge in [-0.3, -0.25) is 0 Å². The molecular weight excluding hydrogens is 462 g/mol. The Morgan fingerprint density at radius 2 is 1.80 bits per heavy atom. The van der Waals surface area contributed by atoms with E-state index in [-0.39, 0.29) is 0 Å². The average molecular weight is 501 g/mol. The number of anilines is 3. The number of hydrogen-bond acceptors (Lipinski definition) is 7. The summed E-state index contributed by atoms with van der Waals surface area (Å²) in [7, 11) is 5.33. The zero-order valence-electron chi connectivity index (χ0n) is 21.6. The summed E-state index contributed by atoms with van der Waals surface area (Å²) in [4.78, 5) is 14.0. The molecule has 0 unspecified atom stereocenters. The Morgan fingerprint density at radius 3 is 2.40 bits per heavy atom. The largest absolute Gasteiger partial charge is 0.495 e. The number of aromatic nitrogens is 3. The molecule has 3 rings (SSSR count). The van der Waals surface area contributed by atoms with Crippen molar-refractivity contribution in [1.82, 2.24) is 20.3 Å². The van der Waals surface area contributed by atoms with Crippen LogP contribution in [-0.4, -0.2) is 52.5 Å². The molecule has 1 aliphatic rings. The van der Waals surface area contributed by atoms with Crippen molar-refractivity contribution in [2.45, 2.75) is 58.4 Å². The van der Waals surface area contributed by atoms with Crippen LogP contribution in [0.25, 0.3) is 0 Å². The average Bonchev–Trinajstić information content (AvgIpc) is 3.14. The number of nitrogens with zero attached hydrogens (tertiary/aromatic N) is 4. The van der Waals surface area contributed by atoms with Crippen molar-refractivity contribution in [3.63, 3.8) is 0 Å². The minimum absolute atomic E-state index is 0.350. The number of rotatable bonds is 9. The van der Waals surface area contributed by atoms with Crippen LogP contribution in [0.3, 0.4) is 0 Å². The molecule has 1 aromatic carbocycles. The third-order valence-corrected chi connectivity index (χ3v) is 5.83. The summed E-state index contributed by atoms with van der Waals surface area (Å²) < 4.78 is 7.11. The van der Waals surface area contributed by atoms with Crippen LogP contribution in [0, 0.1) is 0 Å². The van der Waals surface area contributed by atoms with Gasteiger partial charge in [0.1, 0.15) is 11.5 Å². The van der Waals surface area contributed by atoms with Gasteiger partial charge in [0.2, 0.25) is 0 Å². The Balaban J connectivity index is 0.00000210. The van der Waals surface area contributed by atoms with E-state index in [4.69, 9.17) is 21.3 Å². The van der Waals surface area contributed by atoms with Gasteiger partial charge in [-0.2, -0.15) is 0 Å². The molecule has 8 nitrogen and oxygen atoms in total. The van der Waals surface area contributed by atoms with E-state index in [0.717, 1.165) is 24.2 Å². The Labute approximate surface area is 214 Å². The van der Waals surface area contributed by atoms with Gasteiger partial charge < -0.3 is 20.7 Å². The van der Waals surface area contributed by atoms with Crippen molar-refractivity contribution >= 4 is 40.8 Å². The molecule has 35 heavy (non-hydrogen) atoms. The van der Waals surface area contributed by atoms with E-state index < -0.39 is 0 Å². The quantitative estimate of drug-likeness (QED) is 0.219. The minimum Gasteiger partial charge on any atom is -0.495 e. The number of methoxy groups -OCH3 is 1. The molecule has 0 atom stereocenters. The first kappa shape index (κ1) is 28.1. The predicted octanol–water partition coefficient (Wildman–Crippen LogP) is 6.07. The van der Waals surface area contributed by atoms with E-state index in [2.05, 4.69) is 32.5 Å². The lowest BCUT2D eigenvalue weighted by atomic mass is 10.1. The van der Waals surface area contributed by atoms with Gasteiger partial charge in [0, 0.05) is 18.8 Å². The molecule has 0 radical (unpaired) electrons. The Kier molecular flexibility index (Phi) is 12.0. The Morgan fingerprint density at radius 1 is 1.11 bits per heavy atom. The molecule has 0 spiro atoms. The van der Waals surface area contributed by atoms with E-state index in [1.165, 1.54) is 25.7 Å². The first-order valence-corrected chi connectivity index (χ1v) is 12.6. The Bertz CT molecular complexity index is 1010. The highest BCUT2D eigenvalue weighted by Crippen LogP contribution is 2.29. The summed E-state index contributed by atoms with van der Waals surface area (Å²) >= 11 is 6.30. The summed E-state index contributed by atoms with van der Waals surface area (Å²) in [5.74, 6) is 2.07. The number of ether oxygens (including phenoxy) is 1. The number of allylic oxidation sites excluding steroid dienone is 2. The lowest BCUT2D eigenvalue weighted by Crippen LogP contribution is -2.21. The van der Waals surface area contributed by atoms with Crippen LogP contribution in [0.1, 0.15) is 52.4 Å². The zero-order chi connectivity index (χ0) is 25.6. The van der Waals surface area contributed by atoms with Crippen molar-refractivity contribution in [3.05, 3.63) is 48.2 Å². The van der Waals surface area contributed by atoms with E-state index in [0.29, 0.717) is 34.7 Å². The van der Waals surface area contributed by atoms with E-state index in [9.17, 15) is 0 Å². The van der Waals surface area contributed by atoms with Crippen molar-refractivity contribution in [2.24, 2.45) is 0 Å². The van der Waals surface area contributed by atoms with Gasteiger partial charge in [-0.05, 0) is 59.4 Å². The number of hydrogen-bond donors (Lipinski definition) is 3. The topological polar surface area (TPSA) is 87.0 Å². The minimum atomic E-state index is 0.350. The normalized spacial score (nSPS) is 14.8. The highest BCUT2D eigenvalue weighted by atomic mass is 35.5. The third kappa shape index (κ3) is 8.55. The molecular formula is C26H39ClN7O+. The molecule has 1 aromatic heterocycles. The molecule has 9 heteroatoms. The van der Waals surface area contributed by atoms with Gasteiger partial charge in [-0.1, -0.05) is 57.7 Å². The zero-order valence-corrected chi connectivity index (χ0v) is 22.3. The predicted molar refractivity (Wildman–Crippen MR) is 147 cm³/mol. The van der Waals surface area contributed by atoms with Gasteiger partial charge >= 0.3 is 17.8 Å². The molecule has 1 fully saturated rings. The fourth-order valence-corrected chi connectivity index (χ4v) is 3.97. The van der Waals surface area contributed by atoms with Gasteiger partial charge in [0.25, 0.3) is 0 Å². The second kappa shape index (κ2) is 15.0. The molecule has 2 aromatic rings. The summed E-state index contributed by atoms with van der Waals surface area (Å²) in [5.41, 5.74) is 1.60. The maximum Gasteiger partial charge on any atom is 0.440 e. The summed E-state index contributed by atoms with van der Waals surface area (Å²) in [6.07, 6.45) is 12.7. The van der Waals surface area contributed by atoms with Crippen molar-refractivity contribution < 1.29 is 9.31 Å². The van der Waals surface area contributed by atoms with Gasteiger partial charge in [-0.15, -0.1) is 4.98 Å². The highest BCUT2D eigenvalue weighted by Gasteiger charge is 2.22. The van der Waals surface area contributed by atoms with Gasteiger partial charge in [0.05, 0.1) is 19.2 Å². The molecule has 0 amide bonds. The molecule has 1 saturated carbocycles. The molecule has 0 aliphatic heterocycles. The van der Waals surface area contributed by atoms with Crippen LogP contribution >= 0.6 is 11.6 Å². The SMILES string of the molecule is C=CC(/C=C\NC)=[N+](\C)c1nc(Nc2ccc(OC)c(Cl)c2)nc(NC2CCCCCC2)n1.CC. The summed E-state index contributed by atoms with van der Waals surface area (Å²) in [5, 5.41) is 10.3. The first-order chi connectivity index (χ1) is 17.0. The second-order valence-electron chi connectivity index (χ2n) is 7.90. The van der Waals surface area contributed by atoms with Gasteiger partial charge in [0.15, 0.2) is 0 Å². The fraction of sp³-hybridized carbons (Fsp3) is 0.462. The maximum absolute atomic E-state index is 6.30. The highest BCUT2D eigenvalue weighted by molar-refractivity contribution is 6.32. The van der Waals surface area contributed by atoms with Crippen molar-refractivity contribution in [1.29, 1.82) is 0 Å². The molecule has 190 valence electrons. The van der Waals surface area contributed by atoms with Crippen molar-refractivity contribution in [3.8, 4) is 5.75 Å². The van der Waals surface area contributed by atoms with Crippen LogP contribution in [-0.2, 0) is 0 Å². The van der Waals surface area contributed by atoms with Crippen LogP contribution in [0.15, 0.2) is 43.1 Å². The van der Waals surface area contributed by atoms with E-state index >= 15 is 0 Å². The van der Waals surface area contributed by atoms with Crippen molar-refractivity contribution in [2.75, 3.05) is 31.8 Å². The third-order valence-electron chi connectivity index (χ3n) is 5.54. The molecule has 3 N–H and O–H groups in total. The molecule has 1 heterocycles. The molecule has 1 aliphatic carbocycles. The summed E-state index contributed by atoms with van der Waals surface area (Å²) in [6.45, 7) is 7.92. The number of benzene rings is 1. The van der Waals surface area contributed by atoms with Gasteiger partial charge in [-0.25, -0.2) is 4.58 Å². The molecule has 0 saturated heterocycles. The van der Waals surface area contributed by atoms with Crippen LogP contribution in [0.2, 0.25) is 5.02 Å². The molecule has 0 bridgehead atoms. The monoisotopic (exact) mass is 500 g/mol. The van der Waals surface area contributed by atoms with Crippen LogP contribution in [0.4, 0.5) is 23.5 Å².